The first kappa shape index (κ1) is 10.4. The quantitative estimate of drug-likeness (QED) is 0.577. The highest BCUT2D eigenvalue weighted by Crippen LogP contribution is 2.12. The number of methoxy groups -OCH3 is 1. The van der Waals surface area contributed by atoms with E-state index in [9.17, 15) is 0 Å². The zero-order valence-electron chi connectivity index (χ0n) is 7.69. The van der Waals surface area contributed by atoms with Crippen molar-refractivity contribution in [3.8, 4) is 5.75 Å². The van der Waals surface area contributed by atoms with Crippen LogP contribution in [0.4, 0.5) is 0 Å². The van der Waals surface area contributed by atoms with Gasteiger partial charge in [0.15, 0.2) is 0 Å². The fourth-order valence-electron chi connectivity index (χ4n) is 1.02. The Hall–Kier alpha value is -0.670. The van der Waals surface area contributed by atoms with Crippen molar-refractivity contribution in [2.75, 3.05) is 19.5 Å². The Morgan fingerprint density at radius 3 is 2.92 bits per heavy atom. The minimum atomic E-state index is 0.623. The summed E-state index contributed by atoms with van der Waals surface area (Å²) in [7, 11) is 1.66. The van der Waals surface area contributed by atoms with Crippen LogP contribution >= 0.6 is 12.6 Å². The smallest absolute Gasteiger partial charge is 0.119 e. The molecule has 0 amide bonds. The zero-order valence-corrected chi connectivity index (χ0v) is 8.59. The molecule has 0 radical (unpaired) electrons. The van der Waals surface area contributed by atoms with Gasteiger partial charge >= 0.3 is 0 Å². The summed E-state index contributed by atoms with van der Waals surface area (Å²) in [6.45, 7) is 1.30. The average molecular weight is 198 g/mol. The van der Waals surface area contributed by atoms with Gasteiger partial charge in [0.05, 0.1) is 20.3 Å². The highest BCUT2D eigenvalue weighted by molar-refractivity contribution is 7.80. The second-order valence-electron chi connectivity index (χ2n) is 2.63. The van der Waals surface area contributed by atoms with Crippen LogP contribution in [0, 0.1) is 0 Å². The first-order valence-electron chi connectivity index (χ1n) is 4.18. The van der Waals surface area contributed by atoms with Crippen molar-refractivity contribution >= 4 is 12.6 Å². The van der Waals surface area contributed by atoms with Crippen LogP contribution in [0.2, 0.25) is 0 Å². The van der Waals surface area contributed by atoms with Crippen molar-refractivity contribution < 1.29 is 9.47 Å². The maximum absolute atomic E-state index is 5.34. The first-order valence-corrected chi connectivity index (χ1v) is 4.81. The lowest BCUT2D eigenvalue weighted by Gasteiger charge is -2.04. The van der Waals surface area contributed by atoms with Crippen molar-refractivity contribution in [1.29, 1.82) is 0 Å². The molecule has 3 heteroatoms. The van der Waals surface area contributed by atoms with Crippen LogP contribution in [-0.4, -0.2) is 19.5 Å². The number of rotatable bonds is 5. The van der Waals surface area contributed by atoms with E-state index in [4.69, 9.17) is 9.47 Å². The summed E-state index contributed by atoms with van der Waals surface area (Å²) >= 11 is 4.06. The SMILES string of the molecule is COc1cccc(COCCS)c1. The van der Waals surface area contributed by atoms with Crippen LogP contribution < -0.4 is 4.74 Å². The zero-order chi connectivity index (χ0) is 9.52. The second-order valence-corrected chi connectivity index (χ2v) is 3.07. The molecule has 0 atom stereocenters. The molecular formula is C10H14O2S. The summed E-state index contributed by atoms with van der Waals surface area (Å²) in [5, 5.41) is 0. The molecule has 0 heterocycles. The first-order chi connectivity index (χ1) is 6.36. The van der Waals surface area contributed by atoms with Gasteiger partial charge in [-0.25, -0.2) is 0 Å². The van der Waals surface area contributed by atoms with Crippen LogP contribution in [-0.2, 0) is 11.3 Å². The van der Waals surface area contributed by atoms with E-state index in [1.807, 2.05) is 24.3 Å². The Bertz CT molecular complexity index is 250. The van der Waals surface area contributed by atoms with Gasteiger partial charge in [0, 0.05) is 5.75 Å². The molecule has 0 bridgehead atoms. The fourth-order valence-corrected chi connectivity index (χ4v) is 1.15. The van der Waals surface area contributed by atoms with Crippen LogP contribution in [0.1, 0.15) is 5.56 Å². The van der Waals surface area contributed by atoms with Gasteiger partial charge < -0.3 is 9.47 Å². The lowest BCUT2D eigenvalue weighted by molar-refractivity contribution is 0.136. The van der Waals surface area contributed by atoms with Crippen LogP contribution in [0.3, 0.4) is 0 Å². The molecule has 1 aromatic carbocycles. The standard InChI is InChI=1S/C10H14O2S/c1-11-10-4-2-3-9(7-10)8-12-5-6-13/h2-4,7,13H,5-6,8H2,1H3. The number of hydrogen-bond donors (Lipinski definition) is 1. The van der Waals surface area contributed by atoms with E-state index in [0.717, 1.165) is 17.1 Å². The molecule has 13 heavy (non-hydrogen) atoms. The van der Waals surface area contributed by atoms with E-state index < -0.39 is 0 Å². The van der Waals surface area contributed by atoms with Crippen molar-refractivity contribution in [1.82, 2.24) is 0 Å². The van der Waals surface area contributed by atoms with Gasteiger partial charge in [-0.05, 0) is 17.7 Å². The molecule has 1 aromatic rings. The molecule has 0 aliphatic rings. The predicted octanol–water partition coefficient (Wildman–Crippen LogP) is 2.14. The van der Waals surface area contributed by atoms with Gasteiger partial charge in [-0.15, -0.1) is 0 Å². The summed E-state index contributed by atoms with van der Waals surface area (Å²) in [4.78, 5) is 0. The Balaban J connectivity index is 2.46. The number of hydrogen-bond acceptors (Lipinski definition) is 3. The highest BCUT2D eigenvalue weighted by Gasteiger charge is 1.94. The van der Waals surface area contributed by atoms with Crippen molar-refractivity contribution in [3.63, 3.8) is 0 Å². The van der Waals surface area contributed by atoms with Gasteiger partial charge in [-0.1, -0.05) is 12.1 Å². The average Bonchev–Trinajstić information content (AvgIpc) is 2.19. The molecule has 0 aliphatic carbocycles. The summed E-state index contributed by atoms with van der Waals surface area (Å²) < 4.78 is 10.4. The van der Waals surface area contributed by atoms with Crippen molar-refractivity contribution in [3.05, 3.63) is 29.8 Å². The van der Waals surface area contributed by atoms with Gasteiger partial charge in [0.2, 0.25) is 0 Å². The van der Waals surface area contributed by atoms with E-state index in [0.29, 0.717) is 13.2 Å². The minimum absolute atomic E-state index is 0.623. The Morgan fingerprint density at radius 1 is 1.38 bits per heavy atom. The molecular weight excluding hydrogens is 184 g/mol. The molecule has 1 rings (SSSR count). The van der Waals surface area contributed by atoms with Crippen molar-refractivity contribution in [2.24, 2.45) is 0 Å². The van der Waals surface area contributed by atoms with E-state index in [1.165, 1.54) is 0 Å². The molecule has 2 nitrogen and oxygen atoms in total. The maximum atomic E-state index is 5.34. The summed E-state index contributed by atoms with van der Waals surface area (Å²) in [5.41, 5.74) is 1.13. The van der Waals surface area contributed by atoms with Gasteiger partial charge in [0.25, 0.3) is 0 Å². The lowest BCUT2D eigenvalue weighted by Crippen LogP contribution is -1.96. The third-order valence-electron chi connectivity index (χ3n) is 1.64. The monoisotopic (exact) mass is 198 g/mol. The fraction of sp³-hybridized carbons (Fsp3) is 0.400. The normalized spacial score (nSPS) is 10.0. The molecule has 0 N–H and O–H groups in total. The van der Waals surface area contributed by atoms with E-state index in [2.05, 4.69) is 12.6 Å². The number of ether oxygens (including phenoxy) is 2. The second kappa shape index (κ2) is 5.89. The summed E-state index contributed by atoms with van der Waals surface area (Å²) in [5.74, 6) is 1.62. The Kier molecular flexibility index (Phi) is 4.72. The van der Waals surface area contributed by atoms with Gasteiger partial charge in [0.1, 0.15) is 5.75 Å². The summed E-state index contributed by atoms with van der Waals surface area (Å²) in [6, 6.07) is 7.86. The van der Waals surface area contributed by atoms with E-state index >= 15 is 0 Å². The molecule has 0 saturated heterocycles. The minimum Gasteiger partial charge on any atom is -0.497 e. The largest absolute Gasteiger partial charge is 0.497 e. The van der Waals surface area contributed by atoms with Crippen LogP contribution in [0.5, 0.6) is 5.75 Å². The Morgan fingerprint density at radius 2 is 2.23 bits per heavy atom. The molecule has 0 spiro atoms. The van der Waals surface area contributed by atoms with E-state index in [1.54, 1.807) is 7.11 Å². The predicted molar refractivity (Wildman–Crippen MR) is 56.5 cm³/mol. The van der Waals surface area contributed by atoms with Crippen molar-refractivity contribution in [2.45, 2.75) is 6.61 Å². The Labute approximate surface area is 84.3 Å². The molecule has 0 fully saturated rings. The third-order valence-corrected chi connectivity index (χ3v) is 1.82. The molecule has 0 saturated carbocycles. The molecule has 72 valence electrons. The molecule has 0 aliphatic heterocycles. The number of benzene rings is 1. The summed E-state index contributed by atoms with van der Waals surface area (Å²) in [6.07, 6.45) is 0. The lowest BCUT2D eigenvalue weighted by atomic mass is 10.2. The van der Waals surface area contributed by atoms with Crippen LogP contribution in [0.15, 0.2) is 24.3 Å². The van der Waals surface area contributed by atoms with E-state index in [-0.39, 0.29) is 0 Å². The molecule has 0 unspecified atom stereocenters. The number of thiol groups is 1. The van der Waals surface area contributed by atoms with Gasteiger partial charge in [-0.2, -0.15) is 12.6 Å². The molecule has 0 aromatic heterocycles. The highest BCUT2D eigenvalue weighted by atomic mass is 32.1. The maximum Gasteiger partial charge on any atom is 0.119 e. The third kappa shape index (κ3) is 3.70. The topological polar surface area (TPSA) is 18.5 Å². The van der Waals surface area contributed by atoms with Crippen LogP contribution in [0.25, 0.3) is 0 Å². The van der Waals surface area contributed by atoms with Gasteiger partial charge in [-0.3, -0.25) is 0 Å².